The maximum absolute atomic E-state index is 12.1. The van der Waals surface area contributed by atoms with Gasteiger partial charge in [0.1, 0.15) is 0 Å². The first-order valence-corrected chi connectivity index (χ1v) is 10.6. The van der Waals surface area contributed by atoms with Gasteiger partial charge in [-0.2, -0.15) is 0 Å². The molecule has 0 N–H and O–H groups in total. The first kappa shape index (κ1) is 19.1. The minimum Gasteiger partial charge on any atom is -0.384 e. The number of benzene rings is 1. The van der Waals surface area contributed by atoms with Crippen molar-refractivity contribution >= 4 is 27.3 Å². The van der Waals surface area contributed by atoms with Gasteiger partial charge in [-0.3, -0.25) is 4.31 Å². The van der Waals surface area contributed by atoms with Gasteiger partial charge in [-0.05, 0) is 68.0 Å². The molecule has 2 rings (SSSR count). The second-order valence-corrected chi connectivity index (χ2v) is 9.12. The predicted molar refractivity (Wildman–Crippen MR) is 102 cm³/mol. The third kappa shape index (κ3) is 5.42. The van der Waals surface area contributed by atoms with E-state index in [-0.39, 0.29) is 0 Å². The summed E-state index contributed by atoms with van der Waals surface area (Å²) in [4.78, 5) is 2.06. The number of sulfonamides is 1. The van der Waals surface area contributed by atoms with Crippen molar-refractivity contribution in [2.45, 2.75) is 32.6 Å². The highest BCUT2D eigenvalue weighted by atomic mass is 35.5. The molecule has 0 amide bonds. The highest BCUT2D eigenvalue weighted by Gasteiger charge is 2.24. The molecule has 0 aromatic heterocycles. The Morgan fingerprint density at radius 3 is 2.50 bits per heavy atom. The third-order valence-corrected chi connectivity index (χ3v) is 5.60. The Morgan fingerprint density at radius 2 is 2.00 bits per heavy atom. The van der Waals surface area contributed by atoms with E-state index in [0.29, 0.717) is 17.3 Å². The number of anilines is 1. The van der Waals surface area contributed by atoms with E-state index in [1.54, 1.807) is 6.07 Å². The number of halogens is 1. The summed E-state index contributed by atoms with van der Waals surface area (Å²) >= 11 is 6.14. The van der Waals surface area contributed by atoms with Crippen molar-refractivity contribution in [3.8, 4) is 0 Å². The number of hydrogen-bond acceptors (Lipinski definition) is 3. The van der Waals surface area contributed by atoms with Crippen LogP contribution in [0, 0.1) is 5.92 Å². The Morgan fingerprint density at radius 1 is 1.33 bits per heavy atom. The zero-order valence-corrected chi connectivity index (χ0v) is 16.5. The summed E-state index contributed by atoms with van der Waals surface area (Å²) < 4.78 is 25.7. The van der Waals surface area contributed by atoms with E-state index in [9.17, 15) is 8.42 Å². The van der Waals surface area contributed by atoms with Gasteiger partial charge in [0.15, 0.2) is 0 Å². The van der Waals surface area contributed by atoms with Crippen molar-refractivity contribution in [3.63, 3.8) is 0 Å². The smallest absolute Gasteiger partial charge is 0.232 e. The zero-order valence-electron chi connectivity index (χ0n) is 14.9. The third-order valence-electron chi connectivity index (χ3n) is 4.11. The van der Waals surface area contributed by atoms with E-state index in [1.165, 1.54) is 29.0 Å². The molecule has 0 atom stereocenters. The molecule has 0 heterocycles. The van der Waals surface area contributed by atoms with Gasteiger partial charge in [-0.25, -0.2) is 8.42 Å². The van der Waals surface area contributed by atoms with E-state index >= 15 is 0 Å². The average Bonchev–Trinajstić information content (AvgIpc) is 3.24. The van der Waals surface area contributed by atoms with Crippen LogP contribution in [-0.2, 0) is 16.4 Å². The quantitative estimate of drug-likeness (QED) is 0.696. The van der Waals surface area contributed by atoms with Crippen LogP contribution in [0.1, 0.15) is 31.7 Å². The minimum absolute atomic E-state index is 0.390. The lowest BCUT2D eigenvalue weighted by atomic mass is 9.99. The van der Waals surface area contributed by atoms with Crippen molar-refractivity contribution in [2.24, 2.45) is 5.92 Å². The van der Waals surface area contributed by atoms with Gasteiger partial charge in [0.05, 0.1) is 11.9 Å². The van der Waals surface area contributed by atoms with Gasteiger partial charge in [0.25, 0.3) is 0 Å². The largest absolute Gasteiger partial charge is 0.384 e. The van der Waals surface area contributed by atoms with Crippen molar-refractivity contribution < 1.29 is 8.42 Å². The van der Waals surface area contributed by atoms with Gasteiger partial charge >= 0.3 is 0 Å². The normalized spacial score (nSPS) is 15.5. The maximum atomic E-state index is 12.1. The van der Waals surface area contributed by atoms with Crippen LogP contribution >= 0.6 is 11.6 Å². The first-order chi connectivity index (χ1) is 11.2. The Hall–Kier alpha value is -1.20. The Kier molecular flexibility index (Phi) is 6.21. The highest BCUT2D eigenvalue weighted by molar-refractivity contribution is 7.92. The molecule has 0 bridgehead atoms. The molecular formula is C18H27ClN2O2S. The number of hydrogen-bond donors (Lipinski definition) is 0. The number of allylic oxidation sites excluding steroid dienone is 1. The van der Waals surface area contributed by atoms with Crippen LogP contribution in [0.4, 0.5) is 5.69 Å². The summed E-state index contributed by atoms with van der Waals surface area (Å²) in [7, 11) is 0.705. The molecule has 0 unspecified atom stereocenters. The molecular weight excluding hydrogens is 344 g/mol. The van der Waals surface area contributed by atoms with E-state index < -0.39 is 10.0 Å². The highest BCUT2D eigenvalue weighted by Crippen LogP contribution is 2.37. The van der Waals surface area contributed by atoms with Crippen LogP contribution in [0.25, 0.3) is 0 Å². The first-order valence-electron chi connectivity index (χ1n) is 8.32. The van der Waals surface area contributed by atoms with E-state index in [0.717, 1.165) is 24.3 Å². The van der Waals surface area contributed by atoms with E-state index in [1.807, 2.05) is 33.2 Å². The van der Waals surface area contributed by atoms with Crippen molar-refractivity contribution in [3.05, 3.63) is 40.6 Å². The van der Waals surface area contributed by atoms with Crippen LogP contribution in [-0.4, -0.2) is 40.2 Å². The van der Waals surface area contributed by atoms with Crippen LogP contribution < -0.4 is 4.31 Å². The Labute approximate surface area is 151 Å². The molecule has 24 heavy (non-hydrogen) atoms. The number of nitrogens with zero attached hydrogens (tertiary/aromatic N) is 2. The summed E-state index contributed by atoms with van der Waals surface area (Å²) in [6.45, 7) is 2.23. The number of rotatable bonds is 8. The Bertz CT molecular complexity index is 710. The summed E-state index contributed by atoms with van der Waals surface area (Å²) in [6.07, 6.45) is 7.80. The molecule has 134 valence electrons. The van der Waals surface area contributed by atoms with Gasteiger partial charge < -0.3 is 4.90 Å². The van der Waals surface area contributed by atoms with Crippen LogP contribution in [0.2, 0.25) is 5.02 Å². The van der Waals surface area contributed by atoms with E-state index in [2.05, 4.69) is 11.1 Å². The van der Waals surface area contributed by atoms with Crippen molar-refractivity contribution in [1.82, 2.24) is 4.90 Å². The molecule has 0 saturated heterocycles. The fraction of sp³-hybridized carbons (Fsp3) is 0.556. The molecule has 4 nitrogen and oxygen atoms in total. The van der Waals surface area contributed by atoms with Gasteiger partial charge in [-0.1, -0.05) is 17.7 Å². The molecule has 1 aliphatic rings. The second kappa shape index (κ2) is 7.79. The summed E-state index contributed by atoms with van der Waals surface area (Å²) in [5.41, 5.74) is 3.02. The molecule has 1 fully saturated rings. The lowest BCUT2D eigenvalue weighted by Gasteiger charge is -2.24. The van der Waals surface area contributed by atoms with Crippen molar-refractivity contribution in [1.29, 1.82) is 0 Å². The van der Waals surface area contributed by atoms with Crippen LogP contribution in [0.5, 0.6) is 0 Å². The predicted octanol–water partition coefficient (Wildman–Crippen LogP) is 3.91. The molecule has 0 radical (unpaired) electrons. The lowest BCUT2D eigenvalue weighted by molar-refractivity contribution is 0.550. The van der Waals surface area contributed by atoms with E-state index in [4.69, 9.17) is 11.6 Å². The molecule has 1 aromatic carbocycles. The van der Waals surface area contributed by atoms with Crippen LogP contribution in [0.3, 0.4) is 0 Å². The average molecular weight is 371 g/mol. The van der Waals surface area contributed by atoms with Crippen molar-refractivity contribution in [2.75, 3.05) is 31.2 Å². The van der Waals surface area contributed by atoms with Gasteiger partial charge in [0, 0.05) is 25.7 Å². The SMILES string of the molecule is CCN(c1cc(Cl)ccc1CC(=CN(C)C)CC1CC1)S(C)(=O)=O. The lowest BCUT2D eigenvalue weighted by Crippen LogP contribution is -2.30. The summed E-state index contributed by atoms with van der Waals surface area (Å²) in [5, 5.41) is 0.552. The minimum atomic E-state index is -3.33. The molecule has 0 spiro atoms. The fourth-order valence-corrected chi connectivity index (χ4v) is 4.14. The summed E-state index contributed by atoms with van der Waals surface area (Å²) in [5.74, 6) is 0.782. The monoisotopic (exact) mass is 370 g/mol. The van der Waals surface area contributed by atoms with Crippen LogP contribution in [0.15, 0.2) is 30.0 Å². The molecule has 1 saturated carbocycles. The summed E-state index contributed by atoms with van der Waals surface area (Å²) in [6, 6.07) is 5.54. The molecule has 6 heteroatoms. The zero-order chi connectivity index (χ0) is 17.9. The topological polar surface area (TPSA) is 40.6 Å². The fourth-order valence-electron chi connectivity index (χ4n) is 2.98. The second-order valence-electron chi connectivity index (χ2n) is 6.78. The molecule has 0 aliphatic heterocycles. The van der Waals surface area contributed by atoms with Gasteiger partial charge in [0.2, 0.25) is 10.0 Å². The molecule has 1 aliphatic carbocycles. The molecule has 1 aromatic rings. The standard InChI is InChI=1S/C18H27ClN2O2S/c1-5-21(24(4,22)23)18-12-17(19)9-8-16(18)11-15(13-20(2)3)10-14-6-7-14/h8-9,12-14H,5-7,10-11H2,1-4H3. The Balaban J connectivity index is 2.38. The van der Waals surface area contributed by atoms with Gasteiger partial charge in [-0.15, -0.1) is 0 Å². The maximum Gasteiger partial charge on any atom is 0.232 e.